The average Bonchev–Trinajstić information content (AvgIpc) is 3.18. The van der Waals surface area contributed by atoms with Crippen LogP contribution in [-0.4, -0.2) is 45.2 Å². The Morgan fingerprint density at radius 3 is 3.04 bits per heavy atom. The highest BCUT2D eigenvalue weighted by Gasteiger charge is 2.33. The van der Waals surface area contributed by atoms with Crippen molar-refractivity contribution in [3.05, 3.63) is 36.0 Å². The van der Waals surface area contributed by atoms with Crippen molar-refractivity contribution in [3.63, 3.8) is 0 Å². The van der Waals surface area contributed by atoms with Gasteiger partial charge in [-0.05, 0) is 24.5 Å². The van der Waals surface area contributed by atoms with Crippen LogP contribution < -0.4 is 5.73 Å². The number of thioether (sulfide) groups is 1. The molecule has 2 atom stereocenters. The number of aromatic amines is 1. The molecule has 0 aliphatic carbocycles. The number of amides is 2. The SMILES string of the molecule is NC1=NC(=O)C(CC(=O)N2CCCC(c3c[nH]c4ccccc34)C2)S1. The molecule has 6 nitrogen and oxygen atoms in total. The normalized spacial score (nSPS) is 23.9. The highest BCUT2D eigenvalue weighted by atomic mass is 32.2. The first-order chi connectivity index (χ1) is 12.1. The van der Waals surface area contributed by atoms with E-state index in [-0.39, 0.29) is 23.4 Å². The maximum Gasteiger partial charge on any atom is 0.262 e. The molecule has 3 N–H and O–H groups in total. The molecular weight excluding hydrogens is 336 g/mol. The maximum absolute atomic E-state index is 12.6. The molecule has 2 amide bonds. The van der Waals surface area contributed by atoms with Crippen LogP contribution in [-0.2, 0) is 9.59 Å². The van der Waals surface area contributed by atoms with E-state index in [4.69, 9.17) is 5.73 Å². The number of hydrogen-bond donors (Lipinski definition) is 2. The first-order valence-electron chi connectivity index (χ1n) is 8.50. The Morgan fingerprint density at radius 2 is 2.24 bits per heavy atom. The van der Waals surface area contributed by atoms with Gasteiger partial charge in [0, 0.05) is 42.5 Å². The maximum atomic E-state index is 12.6. The van der Waals surface area contributed by atoms with Crippen molar-refractivity contribution in [1.29, 1.82) is 0 Å². The fraction of sp³-hybridized carbons (Fsp3) is 0.389. The van der Waals surface area contributed by atoms with Crippen molar-refractivity contribution in [2.24, 2.45) is 10.7 Å². The van der Waals surface area contributed by atoms with Crippen LogP contribution in [0.25, 0.3) is 10.9 Å². The van der Waals surface area contributed by atoms with E-state index < -0.39 is 5.25 Å². The van der Waals surface area contributed by atoms with Gasteiger partial charge in [-0.1, -0.05) is 30.0 Å². The third-order valence-electron chi connectivity index (χ3n) is 4.95. The summed E-state index contributed by atoms with van der Waals surface area (Å²) in [6.07, 6.45) is 4.28. The van der Waals surface area contributed by atoms with E-state index in [2.05, 4.69) is 28.3 Å². The average molecular weight is 356 g/mol. The summed E-state index contributed by atoms with van der Waals surface area (Å²) >= 11 is 1.19. The van der Waals surface area contributed by atoms with Crippen molar-refractivity contribution < 1.29 is 9.59 Å². The van der Waals surface area contributed by atoms with Crippen LogP contribution in [0.4, 0.5) is 0 Å². The number of benzene rings is 1. The van der Waals surface area contributed by atoms with E-state index in [1.165, 1.54) is 22.7 Å². The van der Waals surface area contributed by atoms with Gasteiger partial charge in [0.2, 0.25) is 5.91 Å². The summed E-state index contributed by atoms with van der Waals surface area (Å²) in [6, 6.07) is 8.25. The molecule has 2 aliphatic heterocycles. The summed E-state index contributed by atoms with van der Waals surface area (Å²) < 4.78 is 0. The molecule has 1 saturated heterocycles. The molecule has 0 saturated carbocycles. The van der Waals surface area contributed by atoms with Crippen LogP contribution in [0, 0.1) is 0 Å². The van der Waals surface area contributed by atoms with Gasteiger partial charge in [0.1, 0.15) is 5.25 Å². The number of fused-ring (bicyclic) bond motifs is 1. The number of nitrogens with two attached hydrogens (primary N) is 1. The molecule has 7 heteroatoms. The number of carbonyl (C=O) groups excluding carboxylic acids is 2. The van der Waals surface area contributed by atoms with Crippen LogP contribution in [0.1, 0.15) is 30.7 Å². The van der Waals surface area contributed by atoms with E-state index in [1.807, 2.05) is 17.0 Å². The molecule has 0 radical (unpaired) electrons. The third kappa shape index (κ3) is 3.16. The fourth-order valence-corrected chi connectivity index (χ4v) is 4.52. The van der Waals surface area contributed by atoms with Gasteiger partial charge in [-0.15, -0.1) is 0 Å². The highest BCUT2D eigenvalue weighted by Crippen LogP contribution is 2.33. The Bertz CT molecular complexity index is 860. The van der Waals surface area contributed by atoms with Crippen LogP contribution in [0.5, 0.6) is 0 Å². The number of rotatable bonds is 3. The lowest BCUT2D eigenvalue weighted by atomic mass is 9.90. The number of nitrogens with one attached hydrogen (secondary N) is 1. The molecule has 2 aliphatic rings. The number of carbonyl (C=O) groups is 2. The summed E-state index contributed by atoms with van der Waals surface area (Å²) in [7, 11) is 0. The van der Waals surface area contributed by atoms with Crippen LogP contribution in [0.15, 0.2) is 35.5 Å². The number of aromatic nitrogens is 1. The predicted octanol–water partition coefficient (Wildman–Crippen LogP) is 2.22. The third-order valence-corrected chi connectivity index (χ3v) is 5.94. The second kappa shape index (κ2) is 6.55. The van der Waals surface area contributed by atoms with E-state index in [0.29, 0.717) is 12.5 Å². The number of H-pyrrole nitrogens is 1. The lowest BCUT2D eigenvalue weighted by Crippen LogP contribution is -2.40. The first-order valence-corrected chi connectivity index (χ1v) is 9.38. The summed E-state index contributed by atoms with van der Waals surface area (Å²) in [5, 5.41) is 1.03. The van der Waals surface area contributed by atoms with Gasteiger partial charge in [0.25, 0.3) is 5.91 Å². The highest BCUT2D eigenvalue weighted by molar-refractivity contribution is 8.15. The Kier molecular flexibility index (Phi) is 4.25. The largest absolute Gasteiger partial charge is 0.378 e. The van der Waals surface area contributed by atoms with Gasteiger partial charge in [0.15, 0.2) is 5.17 Å². The van der Waals surface area contributed by atoms with Crippen molar-refractivity contribution in [1.82, 2.24) is 9.88 Å². The molecule has 3 heterocycles. The number of hydrogen-bond acceptors (Lipinski definition) is 4. The Hall–Kier alpha value is -2.28. The number of likely N-dealkylation sites (tertiary alicyclic amines) is 1. The van der Waals surface area contributed by atoms with E-state index in [9.17, 15) is 9.59 Å². The molecule has 1 aromatic carbocycles. The minimum Gasteiger partial charge on any atom is -0.378 e. The van der Waals surface area contributed by atoms with E-state index in [1.54, 1.807) is 0 Å². The smallest absolute Gasteiger partial charge is 0.262 e. The van der Waals surface area contributed by atoms with E-state index in [0.717, 1.165) is 24.9 Å². The first kappa shape index (κ1) is 16.2. The molecule has 0 bridgehead atoms. The van der Waals surface area contributed by atoms with Crippen molar-refractivity contribution in [3.8, 4) is 0 Å². The number of para-hydroxylation sites is 1. The van der Waals surface area contributed by atoms with Gasteiger partial charge in [0.05, 0.1) is 0 Å². The second-order valence-electron chi connectivity index (χ2n) is 6.57. The monoisotopic (exact) mass is 356 g/mol. The molecule has 130 valence electrons. The van der Waals surface area contributed by atoms with Crippen molar-refractivity contribution in [2.75, 3.05) is 13.1 Å². The topological polar surface area (TPSA) is 91.5 Å². The van der Waals surface area contributed by atoms with Crippen LogP contribution in [0.3, 0.4) is 0 Å². The number of nitrogens with zero attached hydrogens (tertiary/aromatic N) is 2. The zero-order chi connectivity index (χ0) is 17.4. The minimum absolute atomic E-state index is 0.0142. The van der Waals surface area contributed by atoms with Gasteiger partial charge >= 0.3 is 0 Å². The van der Waals surface area contributed by atoms with Crippen molar-refractivity contribution >= 4 is 39.6 Å². The Morgan fingerprint density at radius 1 is 1.40 bits per heavy atom. The predicted molar refractivity (Wildman–Crippen MR) is 99.5 cm³/mol. The van der Waals surface area contributed by atoms with Gasteiger partial charge < -0.3 is 15.6 Å². The molecule has 0 spiro atoms. The molecule has 2 aromatic rings. The molecule has 4 rings (SSSR count). The Labute approximate surface area is 149 Å². The second-order valence-corrected chi connectivity index (χ2v) is 7.79. The zero-order valence-corrected chi connectivity index (χ0v) is 14.6. The lowest BCUT2D eigenvalue weighted by Gasteiger charge is -2.33. The van der Waals surface area contributed by atoms with Gasteiger partial charge in [-0.2, -0.15) is 4.99 Å². The number of piperidine rings is 1. The fourth-order valence-electron chi connectivity index (χ4n) is 3.71. The molecule has 1 fully saturated rings. The number of aliphatic imine (C=N–C) groups is 1. The molecule has 2 unspecified atom stereocenters. The summed E-state index contributed by atoms with van der Waals surface area (Å²) in [4.78, 5) is 33.3. The Balaban J connectivity index is 1.46. The van der Waals surface area contributed by atoms with Gasteiger partial charge in [-0.3, -0.25) is 9.59 Å². The number of amidine groups is 1. The van der Waals surface area contributed by atoms with Gasteiger partial charge in [-0.25, -0.2) is 0 Å². The summed E-state index contributed by atoms with van der Waals surface area (Å²) in [5.41, 5.74) is 7.97. The molecule has 1 aromatic heterocycles. The van der Waals surface area contributed by atoms with Crippen LogP contribution in [0.2, 0.25) is 0 Å². The lowest BCUT2D eigenvalue weighted by molar-refractivity contribution is -0.133. The van der Waals surface area contributed by atoms with Crippen molar-refractivity contribution in [2.45, 2.75) is 30.4 Å². The van der Waals surface area contributed by atoms with E-state index >= 15 is 0 Å². The summed E-state index contributed by atoms with van der Waals surface area (Å²) in [5.74, 6) is 0.0448. The van der Waals surface area contributed by atoms with Crippen LogP contribution >= 0.6 is 11.8 Å². The zero-order valence-electron chi connectivity index (χ0n) is 13.8. The summed E-state index contributed by atoms with van der Waals surface area (Å²) in [6.45, 7) is 1.45. The molecule has 25 heavy (non-hydrogen) atoms. The quantitative estimate of drug-likeness (QED) is 0.882. The molecular formula is C18H20N4O2S. The minimum atomic E-state index is -0.457. The standard InChI is InChI=1S/C18H20N4O2S/c19-18-21-17(24)15(25-18)8-16(23)22-7-3-4-11(10-22)13-9-20-14-6-2-1-5-12(13)14/h1-2,5-6,9,11,15,20H,3-4,7-8,10H2,(H2,19,21,24).